The third kappa shape index (κ3) is 1.08. The van der Waals surface area contributed by atoms with E-state index in [2.05, 4.69) is 0 Å². The molecular weight excluding hydrogens is 200 g/mol. The molecule has 0 unspecified atom stereocenters. The largest absolute Gasteiger partial charge is 0.411 e. The Balaban J connectivity index is 3.06. The van der Waals surface area contributed by atoms with Gasteiger partial charge in [0, 0.05) is 0 Å². The van der Waals surface area contributed by atoms with E-state index in [9.17, 15) is 26.3 Å². The maximum absolute atomic E-state index is 11.9. The van der Waals surface area contributed by atoms with Crippen LogP contribution in [0.4, 0.5) is 26.3 Å². The molecule has 0 saturated carbocycles. The van der Waals surface area contributed by atoms with Gasteiger partial charge in [0.05, 0.1) is 11.6 Å². The summed E-state index contributed by atoms with van der Waals surface area (Å²) in [4.78, 5) is 0. The van der Waals surface area contributed by atoms with Crippen LogP contribution in [0.15, 0.2) is 11.6 Å². The summed E-state index contributed by atoms with van der Waals surface area (Å²) >= 11 is 0. The summed E-state index contributed by atoms with van der Waals surface area (Å²) in [6, 6.07) is 0.864. The van der Waals surface area contributed by atoms with Gasteiger partial charge in [-0.05, 0) is 6.08 Å². The van der Waals surface area contributed by atoms with Crippen molar-refractivity contribution in [1.29, 1.82) is 5.26 Å². The summed E-state index contributed by atoms with van der Waals surface area (Å²) in [5, 5.41) is 7.95. The van der Waals surface area contributed by atoms with Gasteiger partial charge in [0.25, 0.3) is 0 Å². The molecule has 0 aromatic rings. The molecule has 1 nitrogen and oxygen atoms in total. The molecule has 13 heavy (non-hydrogen) atoms. The van der Waals surface area contributed by atoms with E-state index < -0.39 is 23.3 Å². The molecule has 1 aliphatic carbocycles. The molecule has 0 aromatic heterocycles. The zero-order valence-electron chi connectivity index (χ0n) is 5.79. The number of nitriles is 1. The standard InChI is InChI=1S/C6HF6N/c7-5(8,9)4(6(10,11)12)1-3(4)2-13/h1H. The first-order chi connectivity index (χ1) is 5.67. The first kappa shape index (κ1) is 9.89. The fourth-order valence-corrected chi connectivity index (χ4v) is 0.931. The van der Waals surface area contributed by atoms with Crippen LogP contribution < -0.4 is 0 Å². The van der Waals surface area contributed by atoms with Gasteiger partial charge >= 0.3 is 12.4 Å². The van der Waals surface area contributed by atoms with Crippen molar-refractivity contribution >= 4 is 0 Å². The molecule has 0 aliphatic heterocycles. The number of hydrogen-bond donors (Lipinski definition) is 0. The third-order valence-electron chi connectivity index (χ3n) is 1.72. The number of alkyl halides is 6. The monoisotopic (exact) mass is 201 g/mol. The number of hydrogen-bond acceptors (Lipinski definition) is 1. The van der Waals surface area contributed by atoms with Gasteiger partial charge in [-0.3, -0.25) is 0 Å². The van der Waals surface area contributed by atoms with Crippen LogP contribution in [-0.4, -0.2) is 12.4 Å². The van der Waals surface area contributed by atoms with E-state index in [4.69, 9.17) is 5.26 Å². The molecule has 0 spiro atoms. The Bertz CT molecular complexity index is 287. The Morgan fingerprint density at radius 1 is 1.08 bits per heavy atom. The van der Waals surface area contributed by atoms with Crippen molar-refractivity contribution in [2.24, 2.45) is 5.41 Å². The van der Waals surface area contributed by atoms with Crippen molar-refractivity contribution < 1.29 is 26.3 Å². The fraction of sp³-hybridized carbons (Fsp3) is 0.500. The van der Waals surface area contributed by atoms with Crippen molar-refractivity contribution in [1.82, 2.24) is 0 Å². The summed E-state index contributed by atoms with van der Waals surface area (Å²) in [6.45, 7) is 0. The van der Waals surface area contributed by atoms with Gasteiger partial charge in [0.2, 0.25) is 5.41 Å². The third-order valence-corrected chi connectivity index (χ3v) is 1.72. The highest BCUT2D eigenvalue weighted by atomic mass is 19.4. The maximum Gasteiger partial charge on any atom is 0.411 e. The zero-order chi connectivity index (χ0) is 10.5. The molecule has 0 aromatic carbocycles. The quantitative estimate of drug-likeness (QED) is 0.552. The van der Waals surface area contributed by atoms with Crippen molar-refractivity contribution in [2.45, 2.75) is 12.4 Å². The molecule has 0 radical (unpaired) electrons. The molecule has 0 N–H and O–H groups in total. The first-order valence-electron chi connectivity index (χ1n) is 2.93. The zero-order valence-corrected chi connectivity index (χ0v) is 5.79. The van der Waals surface area contributed by atoms with E-state index in [1.54, 1.807) is 0 Å². The Hall–Kier alpha value is -1.19. The highest BCUT2D eigenvalue weighted by Crippen LogP contribution is 2.64. The second-order valence-electron chi connectivity index (χ2n) is 2.47. The molecule has 7 heteroatoms. The van der Waals surface area contributed by atoms with E-state index in [0.29, 0.717) is 0 Å². The van der Waals surface area contributed by atoms with E-state index in [0.717, 1.165) is 6.07 Å². The Kier molecular flexibility index (Phi) is 1.66. The SMILES string of the molecule is N#CC1=CC1(C(F)(F)F)C(F)(F)F. The predicted molar refractivity (Wildman–Crippen MR) is 28.2 cm³/mol. The van der Waals surface area contributed by atoms with Crippen LogP contribution in [0.2, 0.25) is 0 Å². The van der Waals surface area contributed by atoms with Gasteiger partial charge in [0.15, 0.2) is 0 Å². The van der Waals surface area contributed by atoms with Gasteiger partial charge < -0.3 is 0 Å². The van der Waals surface area contributed by atoms with E-state index in [1.807, 2.05) is 0 Å². The van der Waals surface area contributed by atoms with Crippen LogP contribution >= 0.6 is 0 Å². The summed E-state index contributed by atoms with van der Waals surface area (Å²) in [5.41, 5.74) is -5.26. The summed E-state index contributed by atoms with van der Waals surface area (Å²) in [6.07, 6.45) is -11.1. The van der Waals surface area contributed by atoms with E-state index in [1.165, 1.54) is 0 Å². The maximum atomic E-state index is 11.9. The average Bonchev–Trinajstić information content (AvgIpc) is 2.57. The van der Waals surface area contributed by atoms with Gasteiger partial charge in [-0.25, -0.2) is 0 Å². The van der Waals surface area contributed by atoms with Crippen LogP contribution in [0.3, 0.4) is 0 Å². The Morgan fingerprint density at radius 3 is 1.54 bits per heavy atom. The highest BCUT2D eigenvalue weighted by molar-refractivity contribution is 5.53. The van der Waals surface area contributed by atoms with Crippen LogP contribution in [0.25, 0.3) is 0 Å². The molecular formula is C6HF6N. The topological polar surface area (TPSA) is 23.8 Å². The minimum Gasteiger partial charge on any atom is -0.193 e. The number of nitrogens with zero attached hydrogens (tertiary/aromatic N) is 1. The van der Waals surface area contributed by atoms with Crippen LogP contribution in [0.1, 0.15) is 0 Å². The van der Waals surface area contributed by atoms with Crippen molar-refractivity contribution in [3.63, 3.8) is 0 Å². The van der Waals surface area contributed by atoms with Gasteiger partial charge in [-0.15, -0.1) is 0 Å². The molecule has 0 bridgehead atoms. The Labute approximate surface area is 68.3 Å². The lowest BCUT2D eigenvalue weighted by Crippen LogP contribution is -2.41. The summed E-state index contributed by atoms with van der Waals surface area (Å²) in [7, 11) is 0. The van der Waals surface area contributed by atoms with Crippen molar-refractivity contribution in [3.8, 4) is 6.07 Å². The van der Waals surface area contributed by atoms with Crippen LogP contribution in [0, 0.1) is 16.7 Å². The molecule has 0 amide bonds. The number of rotatable bonds is 0. The average molecular weight is 201 g/mol. The lowest BCUT2D eigenvalue weighted by molar-refractivity contribution is -0.290. The minimum absolute atomic E-state index is 0.118. The van der Waals surface area contributed by atoms with Crippen LogP contribution in [0.5, 0.6) is 0 Å². The molecule has 0 heterocycles. The molecule has 1 aliphatic rings. The first-order valence-corrected chi connectivity index (χ1v) is 2.93. The highest BCUT2D eigenvalue weighted by Gasteiger charge is 2.78. The molecule has 0 atom stereocenters. The second-order valence-corrected chi connectivity index (χ2v) is 2.47. The lowest BCUT2D eigenvalue weighted by atomic mass is 9.99. The number of halogens is 6. The van der Waals surface area contributed by atoms with E-state index >= 15 is 0 Å². The predicted octanol–water partition coefficient (Wildman–Crippen LogP) is 2.56. The van der Waals surface area contributed by atoms with Gasteiger partial charge in [-0.1, -0.05) is 0 Å². The van der Waals surface area contributed by atoms with Gasteiger partial charge in [-0.2, -0.15) is 31.6 Å². The Morgan fingerprint density at radius 2 is 1.46 bits per heavy atom. The number of allylic oxidation sites excluding steroid dienone is 2. The fourth-order valence-electron chi connectivity index (χ4n) is 0.931. The second kappa shape index (κ2) is 2.19. The molecule has 0 saturated heterocycles. The summed E-state index contributed by atoms with van der Waals surface area (Å²) in [5.74, 6) is 0. The molecule has 0 fully saturated rings. The van der Waals surface area contributed by atoms with Gasteiger partial charge in [0.1, 0.15) is 0 Å². The van der Waals surface area contributed by atoms with Crippen molar-refractivity contribution in [3.05, 3.63) is 11.6 Å². The normalized spacial score (nSPS) is 20.5. The van der Waals surface area contributed by atoms with Crippen LogP contribution in [-0.2, 0) is 0 Å². The smallest absolute Gasteiger partial charge is 0.193 e. The minimum atomic E-state index is -5.48. The molecule has 1 rings (SSSR count). The lowest BCUT2D eigenvalue weighted by Gasteiger charge is -2.22. The van der Waals surface area contributed by atoms with E-state index in [-0.39, 0.29) is 6.08 Å². The summed E-state index contributed by atoms with van der Waals surface area (Å²) < 4.78 is 71.4. The molecule has 72 valence electrons. The van der Waals surface area contributed by atoms with Crippen molar-refractivity contribution in [2.75, 3.05) is 0 Å².